The van der Waals surface area contributed by atoms with Gasteiger partial charge in [-0.2, -0.15) is 0 Å². The van der Waals surface area contributed by atoms with Crippen LogP contribution in [0.4, 0.5) is 0 Å². The summed E-state index contributed by atoms with van der Waals surface area (Å²) in [4.78, 5) is 9.60. The van der Waals surface area contributed by atoms with Crippen molar-refractivity contribution in [2.75, 3.05) is 0 Å². The average Bonchev–Trinajstić information content (AvgIpc) is 1.61. The topological polar surface area (TPSA) is 37.0 Å². The fourth-order valence-electron chi connectivity index (χ4n) is 0.214. The SMILES string of the molecule is C/C=C\CC([O])=O. The molecule has 0 fully saturated rings. The Hall–Kier alpha value is -0.790. The van der Waals surface area contributed by atoms with Crippen LogP contribution in [0.5, 0.6) is 0 Å². The molecule has 0 unspecified atom stereocenters. The number of hydrogen-bond acceptors (Lipinski definition) is 1. The third kappa shape index (κ3) is 5.21. The summed E-state index contributed by atoms with van der Waals surface area (Å²) in [7, 11) is 0. The fourth-order valence-corrected chi connectivity index (χ4v) is 0.214. The molecule has 0 aliphatic rings. The molecule has 7 heavy (non-hydrogen) atoms. The molecule has 0 saturated heterocycles. The van der Waals surface area contributed by atoms with Crippen LogP contribution in [0.3, 0.4) is 0 Å². The lowest BCUT2D eigenvalue weighted by molar-refractivity contribution is -0.142. The molecule has 0 heterocycles. The Morgan fingerprint density at radius 1 is 1.71 bits per heavy atom. The molecule has 0 atom stereocenters. The quantitative estimate of drug-likeness (QED) is 0.474. The minimum atomic E-state index is -1.03. The molecule has 0 spiro atoms. The Morgan fingerprint density at radius 3 is 2.43 bits per heavy atom. The van der Waals surface area contributed by atoms with Gasteiger partial charge in [-0.3, -0.25) is 0 Å². The number of carbonyl (C=O) groups excluding carboxylic acids is 1. The van der Waals surface area contributed by atoms with Gasteiger partial charge in [0.25, 0.3) is 0 Å². The predicted molar refractivity (Wildman–Crippen MR) is 25.1 cm³/mol. The van der Waals surface area contributed by atoms with Crippen LogP contribution < -0.4 is 0 Å². The summed E-state index contributed by atoms with van der Waals surface area (Å²) in [5.74, 6) is -1.03. The first-order valence-electron chi connectivity index (χ1n) is 2.08. The van der Waals surface area contributed by atoms with Crippen molar-refractivity contribution in [1.29, 1.82) is 0 Å². The van der Waals surface area contributed by atoms with Gasteiger partial charge >= 0.3 is 5.97 Å². The highest BCUT2D eigenvalue weighted by Crippen LogP contribution is 1.79. The number of hydrogen-bond donors (Lipinski definition) is 0. The third-order valence-electron chi connectivity index (χ3n) is 0.520. The summed E-state index contributed by atoms with van der Waals surface area (Å²) in [6.45, 7) is 1.77. The Balaban J connectivity index is 3.14. The summed E-state index contributed by atoms with van der Waals surface area (Å²) in [5.41, 5.74) is 0. The van der Waals surface area contributed by atoms with Crippen LogP contribution in [-0.2, 0) is 9.90 Å². The van der Waals surface area contributed by atoms with E-state index in [1.54, 1.807) is 13.0 Å². The summed E-state index contributed by atoms with van der Waals surface area (Å²) >= 11 is 0. The van der Waals surface area contributed by atoms with Gasteiger partial charge in [0.15, 0.2) is 0 Å². The van der Waals surface area contributed by atoms with E-state index in [2.05, 4.69) is 0 Å². The molecule has 0 N–H and O–H groups in total. The summed E-state index contributed by atoms with van der Waals surface area (Å²) in [5, 5.41) is 9.60. The monoisotopic (exact) mass is 99.0 g/mol. The van der Waals surface area contributed by atoms with E-state index in [4.69, 9.17) is 0 Å². The lowest BCUT2D eigenvalue weighted by Gasteiger charge is -1.72. The van der Waals surface area contributed by atoms with Crippen molar-refractivity contribution in [3.05, 3.63) is 12.2 Å². The zero-order chi connectivity index (χ0) is 5.70. The molecule has 2 nitrogen and oxygen atoms in total. The van der Waals surface area contributed by atoms with Crippen molar-refractivity contribution in [2.45, 2.75) is 13.3 Å². The molecule has 0 bridgehead atoms. The zero-order valence-electron chi connectivity index (χ0n) is 4.18. The molecule has 0 aliphatic carbocycles. The van der Waals surface area contributed by atoms with Crippen molar-refractivity contribution in [3.8, 4) is 0 Å². The van der Waals surface area contributed by atoms with Gasteiger partial charge in [-0.05, 0) is 6.92 Å². The van der Waals surface area contributed by atoms with Gasteiger partial charge in [-0.1, -0.05) is 12.2 Å². The first-order valence-corrected chi connectivity index (χ1v) is 2.08. The summed E-state index contributed by atoms with van der Waals surface area (Å²) in [6.07, 6.45) is 3.24. The van der Waals surface area contributed by atoms with E-state index in [9.17, 15) is 9.90 Å². The number of carbonyl (C=O) groups is 1. The smallest absolute Gasteiger partial charge is 0.247 e. The van der Waals surface area contributed by atoms with E-state index in [1.807, 2.05) is 0 Å². The van der Waals surface area contributed by atoms with Gasteiger partial charge in [0, 0.05) is 0 Å². The van der Waals surface area contributed by atoms with E-state index >= 15 is 0 Å². The van der Waals surface area contributed by atoms with Gasteiger partial charge < -0.3 is 0 Å². The Bertz CT molecular complexity index is 84.1. The first-order chi connectivity index (χ1) is 3.27. The highest BCUT2D eigenvalue weighted by Gasteiger charge is 1.89. The van der Waals surface area contributed by atoms with Crippen molar-refractivity contribution in [2.24, 2.45) is 0 Å². The van der Waals surface area contributed by atoms with Crippen LogP contribution in [0.15, 0.2) is 12.2 Å². The van der Waals surface area contributed by atoms with Gasteiger partial charge in [0.1, 0.15) is 0 Å². The van der Waals surface area contributed by atoms with Gasteiger partial charge in [-0.25, -0.2) is 9.90 Å². The largest absolute Gasteiger partial charge is 0.359 e. The molecule has 0 rings (SSSR count). The number of allylic oxidation sites excluding steroid dienone is 1. The van der Waals surface area contributed by atoms with E-state index < -0.39 is 5.97 Å². The second kappa shape index (κ2) is 3.40. The van der Waals surface area contributed by atoms with Crippen LogP contribution in [0, 0.1) is 0 Å². The Morgan fingerprint density at radius 2 is 2.29 bits per heavy atom. The highest BCUT2D eigenvalue weighted by atomic mass is 16.4. The molecule has 0 aromatic carbocycles. The standard InChI is InChI=1S/C5H7O2/c1-2-3-4-5(6)7/h2-3H,4H2,1H3/b3-2-. The predicted octanol–water partition coefficient (Wildman–Crippen LogP) is 0.910. The minimum absolute atomic E-state index is 0.0243. The molecular weight excluding hydrogens is 92.1 g/mol. The molecule has 0 aromatic rings. The van der Waals surface area contributed by atoms with Crippen LogP contribution in [-0.4, -0.2) is 5.97 Å². The fraction of sp³-hybridized carbons (Fsp3) is 0.400. The second-order valence-corrected chi connectivity index (χ2v) is 1.15. The zero-order valence-corrected chi connectivity index (χ0v) is 4.18. The normalized spacial score (nSPS) is 9.86. The van der Waals surface area contributed by atoms with E-state index in [0.29, 0.717) is 0 Å². The maximum atomic E-state index is 9.60. The average molecular weight is 99.1 g/mol. The van der Waals surface area contributed by atoms with Crippen molar-refractivity contribution < 1.29 is 9.90 Å². The number of rotatable bonds is 2. The van der Waals surface area contributed by atoms with Crippen LogP contribution in [0.2, 0.25) is 0 Å². The summed E-state index contributed by atoms with van der Waals surface area (Å²) < 4.78 is 0. The molecule has 0 saturated carbocycles. The Labute approximate surface area is 42.5 Å². The molecule has 2 heteroatoms. The van der Waals surface area contributed by atoms with Crippen molar-refractivity contribution in [1.82, 2.24) is 0 Å². The lowest BCUT2D eigenvalue weighted by Crippen LogP contribution is -1.86. The molecule has 39 valence electrons. The van der Waals surface area contributed by atoms with E-state index in [1.165, 1.54) is 6.08 Å². The van der Waals surface area contributed by atoms with Crippen molar-refractivity contribution in [3.63, 3.8) is 0 Å². The maximum absolute atomic E-state index is 9.60. The van der Waals surface area contributed by atoms with Crippen LogP contribution >= 0.6 is 0 Å². The second-order valence-electron chi connectivity index (χ2n) is 1.15. The Kier molecular flexibility index (Phi) is 3.02. The minimum Gasteiger partial charge on any atom is -0.247 e. The molecular formula is C5H7O2. The molecule has 1 radical (unpaired) electrons. The maximum Gasteiger partial charge on any atom is 0.359 e. The third-order valence-corrected chi connectivity index (χ3v) is 0.520. The first kappa shape index (κ1) is 6.21. The van der Waals surface area contributed by atoms with Crippen LogP contribution in [0.25, 0.3) is 0 Å². The van der Waals surface area contributed by atoms with Crippen LogP contribution in [0.1, 0.15) is 13.3 Å². The van der Waals surface area contributed by atoms with Gasteiger partial charge in [0.2, 0.25) is 0 Å². The molecule has 0 aromatic heterocycles. The molecule has 0 aliphatic heterocycles. The molecule has 0 amide bonds. The van der Waals surface area contributed by atoms with E-state index in [0.717, 1.165) is 0 Å². The van der Waals surface area contributed by atoms with Gasteiger partial charge in [0.05, 0.1) is 6.42 Å². The highest BCUT2D eigenvalue weighted by molar-refractivity contribution is 5.68. The summed E-state index contributed by atoms with van der Waals surface area (Å²) in [6, 6.07) is 0. The van der Waals surface area contributed by atoms with E-state index in [-0.39, 0.29) is 6.42 Å². The lowest BCUT2D eigenvalue weighted by atomic mass is 10.4. The van der Waals surface area contributed by atoms with Crippen molar-refractivity contribution >= 4 is 5.97 Å². The van der Waals surface area contributed by atoms with Gasteiger partial charge in [-0.15, -0.1) is 0 Å².